The Balaban J connectivity index is 1.65. The summed E-state index contributed by atoms with van der Waals surface area (Å²) in [6.45, 7) is 3.00. The van der Waals surface area contributed by atoms with Gasteiger partial charge in [-0.1, -0.05) is 18.2 Å². The zero-order valence-corrected chi connectivity index (χ0v) is 19.1. The van der Waals surface area contributed by atoms with Crippen molar-refractivity contribution in [3.8, 4) is 11.1 Å². The minimum absolute atomic E-state index is 0.0119. The molecule has 176 valence electrons. The summed E-state index contributed by atoms with van der Waals surface area (Å²) in [5.41, 5.74) is 9.24. The van der Waals surface area contributed by atoms with Gasteiger partial charge in [-0.2, -0.15) is 0 Å². The van der Waals surface area contributed by atoms with E-state index in [1.54, 1.807) is 18.2 Å². The molecular weight excluding hydrogens is 422 g/mol. The van der Waals surface area contributed by atoms with Crippen LogP contribution in [0.25, 0.3) is 11.1 Å². The van der Waals surface area contributed by atoms with Crippen LogP contribution in [0.4, 0.5) is 0 Å². The molecule has 33 heavy (non-hydrogen) atoms. The minimum Gasteiger partial charge on any atom is -0.468 e. The maximum Gasteiger partial charge on any atom is 0.337 e. The molecule has 3 N–H and O–H groups in total. The molecule has 2 aromatic rings. The second-order valence-electron chi connectivity index (χ2n) is 8.22. The average Bonchev–Trinajstić information content (AvgIpc) is 2.84. The first-order valence-corrected chi connectivity index (χ1v) is 10.9. The summed E-state index contributed by atoms with van der Waals surface area (Å²) in [6, 6.07) is 12.9. The van der Waals surface area contributed by atoms with Crippen molar-refractivity contribution in [2.45, 2.75) is 19.4 Å². The van der Waals surface area contributed by atoms with Gasteiger partial charge in [-0.15, -0.1) is 0 Å². The number of nitrogen functional groups attached to an aromatic ring is 1. The zero-order valence-electron chi connectivity index (χ0n) is 19.1. The quantitative estimate of drug-likeness (QED) is 0.341. The first kappa shape index (κ1) is 24.4. The van der Waals surface area contributed by atoms with Crippen molar-refractivity contribution in [3.05, 3.63) is 59.2 Å². The molecule has 1 saturated heterocycles. The van der Waals surface area contributed by atoms with Gasteiger partial charge in [0.15, 0.2) is 0 Å². The number of benzene rings is 2. The van der Waals surface area contributed by atoms with E-state index in [0.29, 0.717) is 36.8 Å². The molecule has 1 heterocycles. The van der Waals surface area contributed by atoms with E-state index in [9.17, 15) is 9.59 Å². The first-order chi connectivity index (χ1) is 15.9. The second-order valence-corrected chi connectivity index (χ2v) is 8.22. The van der Waals surface area contributed by atoms with Gasteiger partial charge in [-0.25, -0.2) is 4.79 Å². The second kappa shape index (κ2) is 11.6. The van der Waals surface area contributed by atoms with Crippen LogP contribution in [0.3, 0.4) is 0 Å². The topological polar surface area (TPSA) is 115 Å². The number of nitrogens with zero attached hydrogens (tertiary/aromatic N) is 1. The molecule has 0 unspecified atom stereocenters. The van der Waals surface area contributed by atoms with Crippen LogP contribution in [0, 0.1) is 11.3 Å². The van der Waals surface area contributed by atoms with E-state index < -0.39 is 5.97 Å². The minimum atomic E-state index is -0.418. The predicted octanol–water partition coefficient (Wildman–Crippen LogP) is 2.83. The fourth-order valence-electron chi connectivity index (χ4n) is 3.95. The fraction of sp³-hybridized carbons (Fsp3) is 0.400. The summed E-state index contributed by atoms with van der Waals surface area (Å²) in [4.78, 5) is 25.8. The van der Waals surface area contributed by atoms with Gasteiger partial charge in [0.2, 0.25) is 0 Å². The van der Waals surface area contributed by atoms with Crippen LogP contribution in [0.15, 0.2) is 42.5 Å². The van der Waals surface area contributed by atoms with Crippen LogP contribution >= 0.6 is 0 Å². The lowest BCUT2D eigenvalue weighted by molar-refractivity contribution is -0.142. The number of nitrogens with two attached hydrogens (primary N) is 1. The van der Waals surface area contributed by atoms with Crippen molar-refractivity contribution in [1.29, 1.82) is 5.41 Å². The number of hydrogen-bond acceptors (Lipinski definition) is 7. The standard InChI is InChI=1S/C25H31N3O5/c1-31-23(29)14-28-8-6-17(7-9-28)15-33-16-18-10-21(13-22(11-18)25(30)32-2)19-4-3-5-20(12-19)24(26)27/h3-5,10-13,17H,6-9,14-16H2,1-2H3,(H3,26,27). The van der Waals surface area contributed by atoms with Gasteiger partial charge < -0.3 is 19.9 Å². The number of piperidine rings is 1. The Morgan fingerprint density at radius 3 is 2.42 bits per heavy atom. The van der Waals surface area contributed by atoms with Crippen molar-refractivity contribution in [2.75, 3.05) is 40.5 Å². The highest BCUT2D eigenvalue weighted by Crippen LogP contribution is 2.25. The predicted molar refractivity (Wildman–Crippen MR) is 125 cm³/mol. The van der Waals surface area contributed by atoms with Crippen molar-refractivity contribution in [2.24, 2.45) is 11.7 Å². The van der Waals surface area contributed by atoms with E-state index >= 15 is 0 Å². The zero-order chi connectivity index (χ0) is 23.8. The molecule has 0 aliphatic carbocycles. The van der Waals surface area contributed by atoms with Crippen LogP contribution in [0.5, 0.6) is 0 Å². The number of methoxy groups -OCH3 is 2. The number of nitrogens with one attached hydrogen (secondary N) is 1. The molecule has 0 bridgehead atoms. The van der Waals surface area contributed by atoms with Gasteiger partial charge in [0.1, 0.15) is 5.84 Å². The summed E-state index contributed by atoms with van der Waals surface area (Å²) in [5, 5.41) is 7.68. The number of hydrogen-bond donors (Lipinski definition) is 2. The lowest BCUT2D eigenvalue weighted by atomic mass is 9.97. The molecule has 0 saturated carbocycles. The number of carbonyl (C=O) groups is 2. The van der Waals surface area contributed by atoms with Gasteiger partial charge in [0, 0.05) is 12.2 Å². The van der Waals surface area contributed by atoms with Crippen molar-refractivity contribution in [3.63, 3.8) is 0 Å². The molecule has 0 amide bonds. The Kier molecular flexibility index (Phi) is 8.57. The van der Waals surface area contributed by atoms with E-state index in [4.69, 9.17) is 25.4 Å². The number of ether oxygens (including phenoxy) is 3. The molecular formula is C25H31N3O5. The van der Waals surface area contributed by atoms with Gasteiger partial charge in [0.05, 0.1) is 32.9 Å². The van der Waals surface area contributed by atoms with Crippen LogP contribution in [0.1, 0.15) is 34.3 Å². The SMILES string of the molecule is COC(=O)CN1CCC(COCc2cc(C(=O)OC)cc(-c3cccc(C(=N)N)c3)c2)CC1. The number of likely N-dealkylation sites (tertiary alicyclic amines) is 1. The van der Waals surface area contributed by atoms with E-state index in [0.717, 1.165) is 42.6 Å². The number of carbonyl (C=O) groups excluding carboxylic acids is 2. The van der Waals surface area contributed by atoms with Crippen molar-refractivity contribution >= 4 is 17.8 Å². The molecule has 0 atom stereocenters. The smallest absolute Gasteiger partial charge is 0.337 e. The highest BCUT2D eigenvalue weighted by Gasteiger charge is 2.21. The molecule has 0 aromatic heterocycles. The number of amidine groups is 1. The van der Waals surface area contributed by atoms with Crippen LogP contribution < -0.4 is 5.73 Å². The van der Waals surface area contributed by atoms with Gasteiger partial charge in [0.25, 0.3) is 0 Å². The highest BCUT2D eigenvalue weighted by atomic mass is 16.5. The van der Waals surface area contributed by atoms with E-state index in [1.165, 1.54) is 14.2 Å². The lowest BCUT2D eigenvalue weighted by Crippen LogP contribution is -2.38. The van der Waals surface area contributed by atoms with Crippen molar-refractivity contribution < 1.29 is 23.8 Å². The lowest BCUT2D eigenvalue weighted by Gasteiger charge is -2.30. The van der Waals surface area contributed by atoms with Crippen LogP contribution in [-0.4, -0.2) is 63.1 Å². The summed E-state index contributed by atoms with van der Waals surface area (Å²) in [7, 11) is 2.76. The van der Waals surface area contributed by atoms with Gasteiger partial charge in [-0.05, 0) is 72.8 Å². The Morgan fingerprint density at radius 2 is 1.76 bits per heavy atom. The maximum atomic E-state index is 12.2. The van der Waals surface area contributed by atoms with E-state index in [-0.39, 0.29) is 11.8 Å². The molecule has 8 heteroatoms. The van der Waals surface area contributed by atoms with Crippen LogP contribution in [-0.2, 0) is 25.6 Å². The van der Waals surface area contributed by atoms with E-state index in [1.807, 2.05) is 24.3 Å². The summed E-state index contributed by atoms with van der Waals surface area (Å²) in [6.07, 6.45) is 1.92. The maximum absolute atomic E-state index is 12.2. The number of esters is 2. The molecule has 0 spiro atoms. The monoisotopic (exact) mass is 453 g/mol. The third-order valence-electron chi connectivity index (χ3n) is 5.83. The van der Waals surface area contributed by atoms with Gasteiger partial charge in [-0.3, -0.25) is 15.1 Å². The summed E-state index contributed by atoms with van der Waals surface area (Å²) in [5.74, 6) is -0.213. The molecule has 3 rings (SSSR count). The fourth-order valence-corrected chi connectivity index (χ4v) is 3.95. The third kappa shape index (κ3) is 6.87. The molecule has 0 radical (unpaired) electrons. The largest absolute Gasteiger partial charge is 0.468 e. The molecule has 1 aliphatic heterocycles. The van der Waals surface area contributed by atoms with Gasteiger partial charge >= 0.3 is 11.9 Å². The normalized spacial score (nSPS) is 14.6. The summed E-state index contributed by atoms with van der Waals surface area (Å²) >= 11 is 0. The molecule has 1 fully saturated rings. The molecule has 8 nitrogen and oxygen atoms in total. The third-order valence-corrected chi connectivity index (χ3v) is 5.83. The Bertz CT molecular complexity index is 999. The highest BCUT2D eigenvalue weighted by molar-refractivity contribution is 5.96. The Labute approximate surface area is 194 Å². The number of rotatable bonds is 9. The molecule has 1 aliphatic rings. The van der Waals surface area contributed by atoms with Crippen LogP contribution in [0.2, 0.25) is 0 Å². The molecule has 2 aromatic carbocycles. The average molecular weight is 454 g/mol. The van der Waals surface area contributed by atoms with E-state index in [2.05, 4.69) is 4.90 Å². The Morgan fingerprint density at radius 1 is 1.03 bits per heavy atom. The summed E-state index contributed by atoms with van der Waals surface area (Å²) < 4.78 is 15.7. The van der Waals surface area contributed by atoms with Crippen molar-refractivity contribution in [1.82, 2.24) is 4.90 Å². The first-order valence-electron chi connectivity index (χ1n) is 10.9. The Hall–Kier alpha value is -3.23.